The molecule has 14 heavy (non-hydrogen) atoms. The Kier molecular flexibility index (Phi) is 1.71. The highest BCUT2D eigenvalue weighted by Crippen LogP contribution is 2.35. The number of carbonyl (C=O) groups is 1. The standard InChI is InChI=1S/C12H13NO/c14-12-10-4-2-1-3-9(10)8-5-6-13-11(12)7-8/h1-4,8,11,13H,5-7H2. The second-order valence-electron chi connectivity index (χ2n) is 4.18. The van der Waals surface area contributed by atoms with Gasteiger partial charge in [-0.2, -0.15) is 0 Å². The second-order valence-corrected chi connectivity index (χ2v) is 4.18. The lowest BCUT2D eigenvalue weighted by Crippen LogP contribution is -2.46. The maximum Gasteiger partial charge on any atom is 0.180 e. The highest BCUT2D eigenvalue weighted by atomic mass is 16.1. The summed E-state index contributed by atoms with van der Waals surface area (Å²) >= 11 is 0. The third kappa shape index (κ3) is 1.04. The molecular formula is C12H13NO. The van der Waals surface area contributed by atoms with E-state index in [0.29, 0.717) is 5.92 Å². The summed E-state index contributed by atoms with van der Waals surface area (Å²) in [4.78, 5) is 12.0. The molecule has 1 saturated heterocycles. The van der Waals surface area contributed by atoms with Crippen LogP contribution in [0, 0.1) is 0 Å². The fourth-order valence-electron chi connectivity index (χ4n) is 2.66. The highest BCUT2D eigenvalue weighted by molar-refractivity contribution is 6.02. The number of ketones is 1. The van der Waals surface area contributed by atoms with Crippen molar-refractivity contribution in [1.29, 1.82) is 0 Å². The molecule has 0 radical (unpaired) electrons. The number of fused-ring (bicyclic) bond motifs is 4. The van der Waals surface area contributed by atoms with Crippen LogP contribution in [0.5, 0.6) is 0 Å². The second kappa shape index (κ2) is 2.92. The van der Waals surface area contributed by atoms with Crippen molar-refractivity contribution < 1.29 is 4.79 Å². The zero-order chi connectivity index (χ0) is 9.54. The molecule has 2 aliphatic rings. The molecule has 2 heteroatoms. The van der Waals surface area contributed by atoms with E-state index in [0.717, 1.165) is 18.5 Å². The molecule has 1 fully saturated rings. The van der Waals surface area contributed by atoms with Gasteiger partial charge in [0.2, 0.25) is 0 Å². The molecule has 1 N–H and O–H groups in total. The highest BCUT2D eigenvalue weighted by Gasteiger charge is 2.35. The number of Topliss-reactive ketones (excluding diaryl/α,β-unsaturated/α-hetero) is 1. The molecule has 72 valence electrons. The van der Waals surface area contributed by atoms with Crippen molar-refractivity contribution in [3.05, 3.63) is 35.4 Å². The molecule has 2 nitrogen and oxygen atoms in total. The van der Waals surface area contributed by atoms with Crippen LogP contribution < -0.4 is 5.32 Å². The van der Waals surface area contributed by atoms with Crippen LogP contribution in [0.15, 0.2) is 24.3 Å². The molecule has 1 aromatic carbocycles. The molecule has 0 aromatic heterocycles. The van der Waals surface area contributed by atoms with Crippen molar-refractivity contribution in [1.82, 2.24) is 5.32 Å². The van der Waals surface area contributed by atoms with E-state index in [2.05, 4.69) is 11.4 Å². The summed E-state index contributed by atoms with van der Waals surface area (Å²) in [5, 5.41) is 3.29. The monoisotopic (exact) mass is 187 g/mol. The molecule has 0 spiro atoms. The first-order chi connectivity index (χ1) is 6.86. The summed E-state index contributed by atoms with van der Waals surface area (Å²) in [5.41, 5.74) is 2.22. The Bertz CT molecular complexity index is 386. The minimum Gasteiger partial charge on any atom is -0.307 e. The fraction of sp³-hybridized carbons (Fsp3) is 0.417. The van der Waals surface area contributed by atoms with E-state index in [1.54, 1.807) is 0 Å². The molecule has 3 rings (SSSR count). The summed E-state index contributed by atoms with van der Waals surface area (Å²) in [6.45, 7) is 0.982. The van der Waals surface area contributed by atoms with Gasteiger partial charge >= 0.3 is 0 Å². The lowest BCUT2D eigenvalue weighted by Gasteiger charge is -2.35. The zero-order valence-electron chi connectivity index (χ0n) is 7.99. The van der Waals surface area contributed by atoms with Gasteiger partial charge in [-0.1, -0.05) is 24.3 Å². The lowest BCUT2D eigenvalue weighted by atomic mass is 9.76. The Hall–Kier alpha value is -1.15. The van der Waals surface area contributed by atoms with Gasteiger partial charge in [-0.05, 0) is 30.9 Å². The van der Waals surface area contributed by atoms with E-state index in [1.807, 2.05) is 18.2 Å². The fourth-order valence-corrected chi connectivity index (χ4v) is 2.66. The number of piperidine rings is 1. The average molecular weight is 187 g/mol. The van der Waals surface area contributed by atoms with Gasteiger partial charge in [0.05, 0.1) is 6.04 Å². The largest absolute Gasteiger partial charge is 0.307 e. The smallest absolute Gasteiger partial charge is 0.180 e. The van der Waals surface area contributed by atoms with Gasteiger partial charge in [0.1, 0.15) is 0 Å². The predicted molar refractivity (Wildman–Crippen MR) is 54.5 cm³/mol. The molecule has 2 unspecified atom stereocenters. The van der Waals surface area contributed by atoms with Gasteiger partial charge in [0.25, 0.3) is 0 Å². The van der Waals surface area contributed by atoms with Crippen LogP contribution in [0.1, 0.15) is 34.7 Å². The van der Waals surface area contributed by atoms with Crippen LogP contribution in [0.25, 0.3) is 0 Å². The molecular weight excluding hydrogens is 174 g/mol. The van der Waals surface area contributed by atoms with Crippen molar-refractivity contribution in [2.45, 2.75) is 24.8 Å². The van der Waals surface area contributed by atoms with Crippen LogP contribution in [-0.2, 0) is 0 Å². The number of rotatable bonds is 0. The molecule has 1 aromatic rings. The summed E-state index contributed by atoms with van der Waals surface area (Å²) in [6, 6.07) is 8.15. The van der Waals surface area contributed by atoms with Crippen molar-refractivity contribution in [3.8, 4) is 0 Å². The molecule has 1 aliphatic carbocycles. The first kappa shape index (κ1) is 8.18. The van der Waals surface area contributed by atoms with E-state index >= 15 is 0 Å². The van der Waals surface area contributed by atoms with Crippen LogP contribution >= 0.6 is 0 Å². The van der Waals surface area contributed by atoms with Crippen LogP contribution in [0.4, 0.5) is 0 Å². The molecule has 2 atom stereocenters. The Morgan fingerprint density at radius 1 is 1.29 bits per heavy atom. The van der Waals surface area contributed by atoms with Gasteiger partial charge in [-0.25, -0.2) is 0 Å². The van der Waals surface area contributed by atoms with Gasteiger partial charge in [0, 0.05) is 5.56 Å². The Balaban J connectivity index is 2.15. The first-order valence-electron chi connectivity index (χ1n) is 5.23. The number of nitrogens with one attached hydrogen (secondary N) is 1. The van der Waals surface area contributed by atoms with E-state index < -0.39 is 0 Å². The van der Waals surface area contributed by atoms with Crippen LogP contribution in [-0.4, -0.2) is 18.4 Å². The van der Waals surface area contributed by atoms with Gasteiger partial charge in [-0.15, -0.1) is 0 Å². The van der Waals surface area contributed by atoms with Gasteiger partial charge < -0.3 is 5.32 Å². The van der Waals surface area contributed by atoms with Gasteiger partial charge in [-0.3, -0.25) is 4.79 Å². The number of hydrogen-bond donors (Lipinski definition) is 1. The third-order valence-corrected chi connectivity index (χ3v) is 3.39. The van der Waals surface area contributed by atoms with E-state index in [1.165, 1.54) is 12.0 Å². The molecule has 1 heterocycles. The molecule has 0 saturated carbocycles. The molecule has 0 amide bonds. The number of benzene rings is 1. The Morgan fingerprint density at radius 2 is 2.14 bits per heavy atom. The van der Waals surface area contributed by atoms with Crippen LogP contribution in [0.3, 0.4) is 0 Å². The van der Waals surface area contributed by atoms with E-state index in [4.69, 9.17) is 0 Å². The normalized spacial score (nSPS) is 29.9. The molecule has 1 aliphatic heterocycles. The Labute approximate surface area is 83.3 Å². The van der Waals surface area contributed by atoms with Crippen molar-refractivity contribution in [2.75, 3.05) is 6.54 Å². The topological polar surface area (TPSA) is 29.1 Å². The quantitative estimate of drug-likeness (QED) is 0.670. The first-order valence-corrected chi connectivity index (χ1v) is 5.23. The minimum atomic E-state index is 0.0867. The average Bonchev–Trinajstić information content (AvgIpc) is 2.27. The lowest BCUT2D eigenvalue weighted by molar-refractivity contribution is 0.0902. The maximum atomic E-state index is 12.0. The van der Waals surface area contributed by atoms with Crippen molar-refractivity contribution >= 4 is 5.78 Å². The summed E-state index contributed by atoms with van der Waals surface area (Å²) in [7, 11) is 0. The van der Waals surface area contributed by atoms with E-state index in [-0.39, 0.29) is 11.8 Å². The van der Waals surface area contributed by atoms with E-state index in [9.17, 15) is 4.79 Å². The maximum absolute atomic E-state index is 12.0. The van der Waals surface area contributed by atoms with Crippen LogP contribution in [0.2, 0.25) is 0 Å². The molecule has 2 bridgehead atoms. The van der Waals surface area contributed by atoms with Gasteiger partial charge in [0.15, 0.2) is 5.78 Å². The predicted octanol–water partition coefficient (Wildman–Crippen LogP) is 1.72. The van der Waals surface area contributed by atoms with Crippen molar-refractivity contribution in [2.24, 2.45) is 0 Å². The third-order valence-electron chi connectivity index (χ3n) is 3.39. The zero-order valence-corrected chi connectivity index (χ0v) is 7.99. The summed E-state index contributed by atoms with van der Waals surface area (Å²) in [5.74, 6) is 0.895. The number of hydrogen-bond acceptors (Lipinski definition) is 2. The van der Waals surface area contributed by atoms with Crippen molar-refractivity contribution in [3.63, 3.8) is 0 Å². The summed E-state index contributed by atoms with van der Waals surface area (Å²) < 4.78 is 0. The summed E-state index contributed by atoms with van der Waals surface area (Å²) in [6.07, 6.45) is 2.16. The Morgan fingerprint density at radius 3 is 3.07 bits per heavy atom. The number of carbonyl (C=O) groups excluding carboxylic acids is 1. The SMILES string of the molecule is O=C1c2ccccc2C2CCNC1C2. The minimum absolute atomic E-state index is 0.0867.